The second-order valence-electron chi connectivity index (χ2n) is 9.38. The third kappa shape index (κ3) is 4.94. The number of carbonyl (C=O) groups is 2. The van der Waals surface area contributed by atoms with Crippen molar-refractivity contribution in [3.8, 4) is 16.9 Å². The first-order valence-electron chi connectivity index (χ1n) is 12.5. The molecule has 0 spiro atoms. The number of nitrogens with two attached hydrogens (primary N) is 1. The molecule has 198 valence electrons. The van der Waals surface area contributed by atoms with Gasteiger partial charge >= 0.3 is 0 Å². The number of halogens is 1. The van der Waals surface area contributed by atoms with E-state index in [1.165, 1.54) is 13.2 Å². The van der Waals surface area contributed by atoms with E-state index >= 15 is 0 Å². The van der Waals surface area contributed by atoms with Crippen LogP contribution in [0.4, 0.5) is 4.39 Å². The smallest absolute Gasteiger partial charge is 0.254 e. The van der Waals surface area contributed by atoms with Gasteiger partial charge in [-0.15, -0.1) is 0 Å². The van der Waals surface area contributed by atoms with Crippen molar-refractivity contribution < 1.29 is 28.2 Å². The van der Waals surface area contributed by atoms with Crippen molar-refractivity contribution in [3.63, 3.8) is 0 Å². The third-order valence-corrected chi connectivity index (χ3v) is 7.14. The van der Waals surface area contributed by atoms with Gasteiger partial charge in [-0.2, -0.15) is 0 Å². The maximum absolute atomic E-state index is 14.4. The number of aromatic nitrogens is 1. The van der Waals surface area contributed by atoms with Gasteiger partial charge in [-0.3, -0.25) is 9.59 Å². The number of rotatable bonds is 5. The lowest BCUT2D eigenvalue weighted by Crippen LogP contribution is -2.35. The Kier molecular flexibility index (Phi) is 7.31. The molecule has 1 fully saturated rings. The number of benzene rings is 3. The number of carbonyl (C=O) groups excluding carboxylic acids is 2. The minimum atomic E-state index is -0.613. The Morgan fingerprint density at radius 1 is 1.00 bits per heavy atom. The van der Waals surface area contributed by atoms with Crippen LogP contribution < -0.4 is 10.5 Å². The maximum atomic E-state index is 14.4. The molecule has 38 heavy (non-hydrogen) atoms. The number of hydrogen-bond acceptors (Lipinski definition) is 5. The second-order valence-corrected chi connectivity index (χ2v) is 9.38. The summed E-state index contributed by atoms with van der Waals surface area (Å²) >= 11 is 0. The highest BCUT2D eigenvalue weighted by Gasteiger charge is 2.21. The Labute approximate surface area is 219 Å². The number of amides is 2. The molecule has 1 aromatic heterocycles. The summed E-state index contributed by atoms with van der Waals surface area (Å²) < 4.78 is 30.6. The number of nitrogens with one attached hydrogen (secondary N) is 1. The number of aromatic amines is 1. The summed E-state index contributed by atoms with van der Waals surface area (Å²) in [6.07, 6.45) is 1.57. The van der Waals surface area contributed by atoms with Crippen molar-refractivity contribution in [2.24, 2.45) is 5.73 Å². The lowest BCUT2D eigenvalue weighted by molar-refractivity contribution is 0.0562. The van der Waals surface area contributed by atoms with E-state index in [4.69, 9.17) is 19.9 Å². The largest absolute Gasteiger partial charge is 0.494 e. The highest BCUT2D eigenvalue weighted by atomic mass is 19.1. The predicted octanol–water partition coefficient (Wildman–Crippen LogP) is 4.50. The van der Waals surface area contributed by atoms with Crippen molar-refractivity contribution >= 4 is 33.6 Å². The zero-order chi connectivity index (χ0) is 26.8. The van der Waals surface area contributed by atoms with Crippen molar-refractivity contribution in [2.75, 3.05) is 40.5 Å². The Hall–Kier alpha value is -3.95. The van der Waals surface area contributed by atoms with Gasteiger partial charge in [0.2, 0.25) is 0 Å². The van der Waals surface area contributed by atoms with Gasteiger partial charge in [0.1, 0.15) is 0 Å². The molecule has 0 aliphatic carbocycles. The summed E-state index contributed by atoms with van der Waals surface area (Å²) in [5.74, 6) is -1.09. The number of ether oxygens (including phenoxy) is 3. The molecule has 1 aliphatic heterocycles. The monoisotopic (exact) mass is 519 g/mol. The fourth-order valence-corrected chi connectivity index (χ4v) is 5.02. The number of H-pyrrole nitrogens is 1. The molecule has 2 amide bonds. The molecule has 8 nitrogen and oxygen atoms in total. The van der Waals surface area contributed by atoms with Crippen molar-refractivity contribution in [3.05, 3.63) is 65.5 Å². The van der Waals surface area contributed by atoms with Crippen molar-refractivity contribution in [2.45, 2.75) is 18.9 Å². The zero-order valence-corrected chi connectivity index (χ0v) is 21.4. The van der Waals surface area contributed by atoms with Gasteiger partial charge in [-0.25, -0.2) is 4.39 Å². The van der Waals surface area contributed by atoms with Crippen LogP contribution in [0.2, 0.25) is 0 Å². The highest BCUT2D eigenvalue weighted by Crippen LogP contribution is 2.34. The van der Waals surface area contributed by atoms with E-state index in [1.807, 2.05) is 12.1 Å². The standard InChI is InChI=1S/C29H30FN3O5/c1-36-20-7-9-33(10-12-38-11-8-20)29(35)18-3-5-21-22-13-19(17-4-6-26(37-2)24(30)15-17)14-23(28(31)34)27(22)32-25(21)16-18/h3-6,13-16,20,32H,7-12H2,1-2H3,(H2,31,34)/t20-/m0/s1. The molecule has 1 saturated heterocycles. The van der Waals surface area contributed by atoms with Crippen LogP contribution in [0, 0.1) is 5.82 Å². The molecule has 2 heterocycles. The molecular formula is C29H30FN3O5. The van der Waals surface area contributed by atoms with Crippen LogP contribution in [-0.4, -0.2) is 68.3 Å². The van der Waals surface area contributed by atoms with Gasteiger partial charge in [0.05, 0.1) is 30.9 Å². The lowest BCUT2D eigenvalue weighted by Gasteiger charge is -2.23. The van der Waals surface area contributed by atoms with Crippen LogP contribution in [0.3, 0.4) is 0 Å². The Morgan fingerprint density at radius 2 is 1.84 bits per heavy atom. The average Bonchev–Trinajstić information content (AvgIpc) is 3.34. The lowest BCUT2D eigenvalue weighted by atomic mass is 9.98. The molecule has 3 N–H and O–H groups in total. The Balaban J connectivity index is 1.54. The van der Waals surface area contributed by atoms with E-state index < -0.39 is 11.7 Å². The van der Waals surface area contributed by atoms with Crippen molar-refractivity contribution in [1.82, 2.24) is 9.88 Å². The van der Waals surface area contributed by atoms with E-state index in [0.717, 1.165) is 23.6 Å². The summed E-state index contributed by atoms with van der Waals surface area (Å²) in [7, 11) is 3.08. The van der Waals surface area contributed by atoms with Crippen LogP contribution in [-0.2, 0) is 9.47 Å². The molecule has 5 rings (SSSR count). The van der Waals surface area contributed by atoms with Gasteiger partial charge in [-0.05, 0) is 60.4 Å². The van der Waals surface area contributed by atoms with Gasteiger partial charge in [-0.1, -0.05) is 12.1 Å². The average molecular weight is 520 g/mol. The molecule has 1 atom stereocenters. The van der Waals surface area contributed by atoms with Crippen LogP contribution in [0.15, 0.2) is 48.5 Å². The first-order chi connectivity index (χ1) is 18.4. The molecule has 9 heteroatoms. The third-order valence-electron chi connectivity index (χ3n) is 7.14. The quantitative estimate of drug-likeness (QED) is 0.404. The predicted molar refractivity (Wildman–Crippen MR) is 143 cm³/mol. The van der Waals surface area contributed by atoms with Gasteiger partial charge < -0.3 is 29.8 Å². The van der Waals surface area contributed by atoms with Crippen molar-refractivity contribution in [1.29, 1.82) is 0 Å². The summed E-state index contributed by atoms with van der Waals surface area (Å²) in [4.78, 5) is 30.9. The fraction of sp³-hybridized carbons (Fsp3) is 0.310. The van der Waals surface area contributed by atoms with E-state index in [1.54, 1.807) is 42.3 Å². The fourth-order valence-electron chi connectivity index (χ4n) is 5.02. The minimum absolute atomic E-state index is 0.0418. The van der Waals surface area contributed by atoms with Gasteiger partial charge in [0, 0.05) is 48.7 Å². The summed E-state index contributed by atoms with van der Waals surface area (Å²) in [6, 6.07) is 13.6. The zero-order valence-electron chi connectivity index (χ0n) is 21.4. The Bertz CT molecular complexity index is 1520. The number of methoxy groups -OCH3 is 2. The van der Waals surface area contributed by atoms with Gasteiger partial charge in [0.25, 0.3) is 11.8 Å². The normalized spacial score (nSPS) is 16.7. The number of nitrogens with zero attached hydrogens (tertiary/aromatic N) is 1. The summed E-state index contributed by atoms with van der Waals surface area (Å²) in [5, 5.41) is 1.57. The molecule has 3 aromatic carbocycles. The topological polar surface area (TPSA) is 107 Å². The maximum Gasteiger partial charge on any atom is 0.254 e. The highest BCUT2D eigenvalue weighted by molar-refractivity contribution is 6.17. The molecule has 0 saturated carbocycles. The number of fused-ring (bicyclic) bond motifs is 3. The molecule has 0 unspecified atom stereocenters. The van der Waals surface area contributed by atoms with E-state index in [9.17, 15) is 14.0 Å². The van der Waals surface area contributed by atoms with E-state index in [2.05, 4.69) is 4.98 Å². The van der Waals surface area contributed by atoms with E-state index in [-0.39, 0.29) is 23.3 Å². The summed E-state index contributed by atoms with van der Waals surface area (Å²) in [5.41, 5.74) is 9.01. The Morgan fingerprint density at radius 3 is 2.58 bits per heavy atom. The summed E-state index contributed by atoms with van der Waals surface area (Å²) in [6.45, 7) is 2.13. The number of primary amides is 1. The van der Waals surface area contributed by atoms with Crippen LogP contribution in [0.1, 0.15) is 33.6 Å². The molecule has 0 radical (unpaired) electrons. The minimum Gasteiger partial charge on any atom is -0.494 e. The molecule has 4 aromatic rings. The first-order valence-corrected chi connectivity index (χ1v) is 12.5. The molecule has 1 aliphatic rings. The molecule has 0 bridgehead atoms. The van der Waals surface area contributed by atoms with Crippen LogP contribution in [0.5, 0.6) is 5.75 Å². The van der Waals surface area contributed by atoms with E-state index in [0.29, 0.717) is 54.0 Å². The second kappa shape index (κ2) is 10.8. The SMILES string of the molecule is COc1ccc(-c2cc(C(N)=O)c3[nH]c4cc(C(=O)N5CCOCC[C@@H](OC)CC5)ccc4c3c2)cc1F. The van der Waals surface area contributed by atoms with Crippen LogP contribution >= 0.6 is 0 Å². The molecular weight excluding hydrogens is 489 g/mol. The first kappa shape index (κ1) is 25.7. The van der Waals surface area contributed by atoms with Gasteiger partial charge in [0.15, 0.2) is 11.6 Å². The number of hydrogen-bond donors (Lipinski definition) is 2. The van der Waals surface area contributed by atoms with Crippen LogP contribution in [0.25, 0.3) is 32.9 Å².